The van der Waals surface area contributed by atoms with Gasteiger partial charge in [0.1, 0.15) is 0 Å². The van der Waals surface area contributed by atoms with Crippen molar-refractivity contribution in [3.63, 3.8) is 0 Å². The van der Waals surface area contributed by atoms with E-state index in [2.05, 4.69) is 26.4 Å². The third-order valence-corrected chi connectivity index (χ3v) is 5.93. The average molecular weight is 515 g/mol. The summed E-state index contributed by atoms with van der Waals surface area (Å²) in [5.74, 6) is 0.787. The van der Waals surface area contributed by atoms with Crippen LogP contribution in [0.1, 0.15) is 32.3 Å². The first kappa shape index (κ1) is 23.5. The number of hydrogen-bond donors (Lipinski definition) is 3. The fraction of sp³-hybridized carbons (Fsp3) is 0.588. The van der Waals surface area contributed by atoms with Crippen LogP contribution < -0.4 is 15.4 Å². The second-order valence-corrected chi connectivity index (χ2v) is 8.74. The summed E-state index contributed by atoms with van der Waals surface area (Å²) in [7, 11) is -3.16. The Bertz CT molecular complexity index is 708. The molecule has 1 fully saturated rings. The molecule has 3 N–H and O–H groups in total. The molecule has 6 nitrogen and oxygen atoms in total. The first-order valence-electron chi connectivity index (χ1n) is 8.66. The van der Waals surface area contributed by atoms with E-state index in [1.165, 1.54) is 5.56 Å². The summed E-state index contributed by atoms with van der Waals surface area (Å²) in [5.41, 5.74) is 1.31. The number of benzene rings is 1. The number of rotatable bonds is 9. The average Bonchev–Trinajstić information content (AvgIpc) is 3.38. The van der Waals surface area contributed by atoms with Crippen molar-refractivity contribution in [3.8, 4) is 0 Å². The zero-order chi connectivity index (χ0) is 18.3. The molecule has 9 heteroatoms. The summed E-state index contributed by atoms with van der Waals surface area (Å²) in [6.07, 6.45) is 2.21. The second kappa shape index (κ2) is 10.7. The fourth-order valence-electron chi connectivity index (χ4n) is 2.57. The Labute approximate surface area is 178 Å². The molecule has 0 heterocycles. The quantitative estimate of drug-likeness (QED) is 0.205. The Morgan fingerprint density at radius 2 is 1.96 bits per heavy atom. The lowest BCUT2D eigenvalue weighted by molar-refractivity contribution is 0.581. The van der Waals surface area contributed by atoms with Gasteiger partial charge in [-0.1, -0.05) is 23.7 Å². The molecule has 0 radical (unpaired) electrons. The van der Waals surface area contributed by atoms with Crippen LogP contribution in [0.3, 0.4) is 0 Å². The van der Waals surface area contributed by atoms with E-state index in [-0.39, 0.29) is 35.1 Å². The van der Waals surface area contributed by atoms with Gasteiger partial charge in [0.15, 0.2) is 5.96 Å². The molecule has 1 saturated carbocycles. The number of hydrogen-bond acceptors (Lipinski definition) is 3. The van der Waals surface area contributed by atoms with Gasteiger partial charge in [0.2, 0.25) is 10.0 Å². The molecule has 0 unspecified atom stereocenters. The van der Waals surface area contributed by atoms with Gasteiger partial charge in [0, 0.05) is 30.1 Å². The zero-order valence-corrected chi connectivity index (χ0v) is 19.1. The van der Waals surface area contributed by atoms with Crippen molar-refractivity contribution in [2.45, 2.75) is 32.1 Å². The summed E-state index contributed by atoms with van der Waals surface area (Å²) < 4.78 is 25.4. The molecular formula is C17H28ClIN4O2S. The lowest BCUT2D eigenvalue weighted by atomic mass is 9.96. The van der Waals surface area contributed by atoms with E-state index in [1.54, 1.807) is 6.92 Å². The van der Waals surface area contributed by atoms with E-state index < -0.39 is 10.0 Å². The van der Waals surface area contributed by atoms with Crippen LogP contribution in [0, 0.1) is 0 Å². The van der Waals surface area contributed by atoms with Crippen molar-refractivity contribution in [1.29, 1.82) is 0 Å². The number of nitrogens with zero attached hydrogens (tertiary/aromatic N) is 1. The maximum atomic E-state index is 11.4. The molecule has 1 aromatic carbocycles. The van der Waals surface area contributed by atoms with E-state index in [0.29, 0.717) is 25.6 Å². The minimum atomic E-state index is -3.16. The summed E-state index contributed by atoms with van der Waals surface area (Å²) in [4.78, 5) is 4.68. The smallest absolute Gasteiger partial charge is 0.211 e. The molecule has 1 aliphatic carbocycles. The minimum Gasteiger partial charge on any atom is -0.357 e. The van der Waals surface area contributed by atoms with Gasteiger partial charge in [-0.25, -0.2) is 13.1 Å². The Kier molecular flexibility index (Phi) is 9.63. The molecule has 0 spiro atoms. The van der Waals surface area contributed by atoms with E-state index in [9.17, 15) is 8.42 Å². The van der Waals surface area contributed by atoms with Crippen LogP contribution in [0.15, 0.2) is 29.3 Å². The highest BCUT2D eigenvalue weighted by Crippen LogP contribution is 2.48. The van der Waals surface area contributed by atoms with E-state index in [0.717, 1.165) is 24.4 Å². The van der Waals surface area contributed by atoms with Gasteiger partial charge in [0.25, 0.3) is 0 Å². The fourth-order valence-corrected chi connectivity index (χ4v) is 3.38. The van der Waals surface area contributed by atoms with Gasteiger partial charge >= 0.3 is 0 Å². The second-order valence-electron chi connectivity index (χ2n) is 6.21. The highest BCUT2D eigenvalue weighted by atomic mass is 127. The monoisotopic (exact) mass is 514 g/mol. The molecule has 1 aliphatic rings. The SMILES string of the molecule is CCNC(=NCC1(c2cccc(Cl)c2)CC1)NCCNS(=O)(=O)CC.I. The summed E-state index contributed by atoms with van der Waals surface area (Å²) >= 11 is 6.11. The third-order valence-electron chi connectivity index (χ3n) is 4.29. The van der Waals surface area contributed by atoms with Crippen LogP contribution in [0.25, 0.3) is 0 Å². The predicted octanol–water partition coefficient (Wildman–Crippen LogP) is 2.48. The van der Waals surface area contributed by atoms with Crippen molar-refractivity contribution >= 4 is 51.6 Å². The molecule has 0 bridgehead atoms. The zero-order valence-electron chi connectivity index (χ0n) is 15.2. The maximum absolute atomic E-state index is 11.4. The molecule has 2 rings (SSSR count). The lowest BCUT2D eigenvalue weighted by Crippen LogP contribution is -2.42. The topological polar surface area (TPSA) is 82.6 Å². The Morgan fingerprint density at radius 1 is 1.23 bits per heavy atom. The van der Waals surface area contributed by atoms with Crippen LogP contribution in [0.5, 0.6) is 0 Å². The molecule has 0 amide bonds. The molecule has 26 heavy (non-hydrogen) atoms. The van der Waals surface area contributed by atoms with Crippen LogP contribution >= 0.6 is 35.6 Å². The standard InChI is InChI=1S/C17H27ClN4O2S.HI/c1-3-19-16(20-10-11-22-25(23,24)4-2)21-13-17(8-9-17)14-6-5-7-15(18)12-14;/h5-7,12,22H,3-4,8-11,13H2,1-2H3,(H2,19,20,21);1H. The molecule has 148 valence electrons. The van der Waals surface area contributed by atoms with Crippen molar-refractivity contribution in [2.24, 2.45) is 4.99 Å². The van der Waals surface area contributed by atoms with Crippen molar-refractivity contribution < 1.29 is 8.42 Å². The lowest BCUT2D eigenvalue weighted by Gasteiger charge is -2.16. The van der Waals surface area contributed by atoms with Crippen LogP contribution in [0.4, 0.5) is 0 Å². The van der Waals surface area contributed by atoms with Crippen molar-refractivity contribution in [1.82, 2.24) is 15.4 Å². The van der Waals surface area contributed by atoms with Gasteiger partial charge in [-0.05, 0) is 44.4 Å². The van der Waals surface area contributed by atoms with E-state index in [1.807, 2.05) is 25.1 Å². The molecule has 0 saturated heterocycles. The normalized spacial score (nSPS) is 15.9. The van der Waals surface area contributed by atoms with Gasteiger partial charge in [-0.15, -0.1) is 24.0 Å². The Balaban J connectivity index is 0.00000338. The minimum absolute atomic E-state index is 0. The Hall–Kier alpha value is -0.580. The Morgan fingerprint density at radius 3 is 2.54 bits per heavy atom. The number of nitrogens with one attached hydrogen (secondary N) is 3. The highest BCUT2D eigenvalue weighted by Gasteiger charge is 2.44. The number of guanidine groups is 1. The largest absolute Gasteiger partial charge is 0.357 e. The molecule has 0 atom stereocenters. The van der Waals surface area contributed by atoms with Crippen LogP contribution in [0.2, 0.25) is 5.02 Å². The first-order valence-corrected chi connectivity index (χ1v) is 10.7. The predicted molar refractivity (Wildman–Crippen MR) is 119 cm³/mol. The van der Waals surface area contributed by atoms with Crippen LogP contribution in [-0.4, -0.2) is 46.3 Å². The number of sulfonamides is 1. The first-order chi connectivity index (χ1) is 11.9. The number of aliphatic imine (C=N–C) groups is 1. The number of halogens is 2. The third kappa shape index (κ3) is 7.21. The van der Waals surface area contributed by atoms with Gasteiger partial charge < -0.3 is 10.6 Å². The van der Waals surface area contributed by atoms with Gasteiger partial charge in [-0.2, -0.15) is 0 Å². The summed E-state index contributed by atoms with van der Waals surface area (Å²) in [6, 6.07) is 7.98. The summed E-state index contributed by atoms with van der Waals surface area (Å²) in [6.45, 7) is 5.86. The molecule has 1 aromatic rings. The van der Waals surface area contributed by atoms with E-state index in [4.69, 9.17) is 11.6 Å². The highest BCUT2D eigenvalue weighted by molar-refractivity contribution is 14.0. The van der Waals surface area contributed by atoms with Gasteiger partial charge in [0.05, 0.1) is 12.3 Å². The molecular weight excluding hydrogens is 487 g/mol. The van der Waals surface area contributed by atoms with E-state index >= 15 is 0 Å². The maximum Gasteiger partial charge on any atom is 0.211 e. The van der Waals surface area contributed by atoms with Gasteiger partial charge in [-0.3, -0.25) is 4.99 Å². The van der Waals surface area contributed by atoms with Crippen LogP contribution in [-0.2, 0) is 15.4 Å². The molecule has 0 aliphatic heterocycles. The molecule has 0 aromatic heterocycles. The van der Waals surface area contributed by atoms with Crippen molar-refractivity contribution in [3.05, 3.63) is 34.9 Å². The summed E-state index contributed by atoms with van der Waals surface area (Å²) in [5, 5.41) is 7.11. The van der Waals surface area contributed by atoms with Crippen molar-refractivity contribution in [2.75, 3.05) is 31.9 Å².